The highest BCUT2D eigenvalue weighted by Gasteiger charge is 2.22. The van der Waals surface area contributed by atoms with Crippen molar-refractivity contribution < 1.29 is 9.47 Å². The molecule has 1 aliphatic rings. The van der Waals surface area contributed by atoms with Crippen LogP contribution in [0.15, 0.2) is 53.7 Å². The smallest absolute Gasteiger partial charge is 0.148 e. The van der Waals surface area contributed by atoms with Crippen LogP contribution in [-0.4, -0.2) is 22.6 Å². The van der Waals surface area contributed by atoms with Gasteiger partial charge in [0.05, 0.1) is 24.9 Å². The third-order valence-corrected chi connectivity index (χ3v) is 3.99. The number of hydrogen-bond donors (Lipinski definition) is 0. The highest BCUT2D eigenvalue weighted by Crippen LogP contribution is 2.33. The molecule has 0 fully saturated rings. The van der Waals surface area contributed by atoms with E-state index in [1.54, 1.807) is 18.1 Å². The van der Waals surface area contributed by atoms with E-state index in [1.807, 2.05) is 50.6 Å². The van der Waals surface area contributed by atoms with Gasteiger partial charge in [0.25, 0.3) is 0 Å². The minimum Gasteiger partial charge on any atom is -0.495 e. The van der Waals surface area contributed by atoms with E-state index in [1.165, 1.54) is 0 Å². The quantitative estimate of drug-likeness (QED) is 0.843. The molecule has 0 unspecified atom stereocenters. The number of hydrogen-bond acceptors (Lipinski definition) is 4. The Kier molecular flexibility index (Phi) is 4.71. The van der Waals surface area contributed by atoms with Gasteiger partial charge in [-0.05, 0) is 30.7 Å². The number of methoxy groups -OCH3 is 1. The predicted molar refractivity (Wildman–Crippen MR) is 95.2 cm³/mol. The molecule has 0 amide bonds. The van der Waals surface area contributed by atoms with E-state index in [9.17, 15) is 0 Å². The molecular formula is C18H18ClN3O2. The molecule has 0 saturated heterocycles. The van der Waals surface area contributed by atoms with Crippen molar-refractivity contribution in [3.05, 3.63) is 64.8 Å². The number of ether oxygens (including phenoxy) is 2. The second-order valence-corrected chi connectivity index (χ2v) is 5.75. The second-order valence-electron chi connectivity index (χ2n) is 5.34. The second kappa shape index (κ2) is 6.93. The lowest BCUT2D eigenvalue weighted by molar-refractivity contribution is 0.389. The molecule has 2 heterocycles. The first-order chi connectivity index (χ1) is 11.6. The van der Waals surface area contributed by atoms with Gasteiger partial charge in [0.1, 0.15) is 23.5 Å². The largest absolute Gasteiger partial charge is 0.495 e. The molecule has 1 aliphatic heterocycles. The molecule has 2 aromatic rings. The van der Waals surface area contributed by atoms with Gasteiger partial charge in [0, 0.05) is 24.4 Å². The van der Waals surface area contributed by atoms with Crippen LogP contribution < -0.4 is 4.74 Å². The lowest BCUT2D eigenvalue weighted by atomic mass is 10.0. The summed E-state index contributed by atoms with van der Waals surface area (Å²) < 4.78 is 12.6. The Hall–Kier alpha value is -2.53. The SMILES string of the molecule is C/C=C1/OC=C(c2ccc(OC)c(Cl)c2)C1=NCc1cnn(C)c1. The topological polar surface area (TPSA) is 48.6 Å². The number of aromatic nitrogens is 2. The molecule has 0 spiro atoms. The van der Waals surface area contributed by atoms with Crippen LogP contribution in [0.25, 0.3) is 5.57 Å². The van der Waals surface area contributed by atoms with Crippen LogP contribution in [0.3, 0.4) is 0 Å². The van der Waals surface area contributed by atoms with Crippen LogP contribution in [0.4, 0.5) is 0 Å². The number of benzene rings is 1. The summed E-state index contributed by atoms with van der Waals surface area (Å²) in [5.74, 6) is 1.38. The number of nitrogens with zero attached hydrogens (tertiary/aromatic N) is 3. The average molecular weight is 344 g/mol. The molecule has 6 heteroatoms. The van der Waals surface area contributed by atoms with E-state index < -0.39 is 0 Å². The summed E-state index contributed by atoms with van der Waals surface area (Å²) in [6.07, 6.45) is 7.36. The van der Waals surface area contributed by atoms with Crippen molar-refractivity contribution in [1.29, 1.82) is 0 Å². The number of rotatable bonds is 4. The van der Waals surface area contributed by atoms with Crippen LogP contribution in [0.1, 0.15) is 18.1 Å². The minimum atomic E-state index is 0.533. The number of halogens is 1. The van der Waals surface area contributed by atoms with E-state index in [4.69, 9.17) is 26.1 Å². The molecule has 3 rings (SSSR count). The maximum Gasteiger partial charge on any atom is 0.148 e. The van der Waals surface area contributed by atoms with Crippen LogP contribution in [-0.2, 0) is 18.3 Å². The van der Waals surface area contributed by atoms with E-state index in [2.05, 4.69) is 5.10 Å². The summed E-state index contributed by atoms with van der Waals surface area (Å²) in [7, 11) is 3.48. The highest BCUT2D eigenvalue weighted by atomic mass is 35.5. The lowest BCUT2D eigenvalue weighted by Crippen LogP contribution is -2.02. The van der Waals surface area contributed by atoms with Crippen LogP contribution >= 0.6 is 11.6 Å². The molecule has 24 heavy (non-hydrogen) atoms. The van der Waals surface area contributed by atoms with Crippen molar-refractivity contribution in [2.24, 2.45) is 12.0 Å². The van der Waals surface area contributed by atoms with E-state index >= 15 is 0 Å². The zero-order chi connectivity index (χ0) is 17.1. The summed E-state index contributed by atoms with van der Waals surface area (Å²) in [6.45, 7) is 2.46. The molecule has 0 N–H and O–H groups in total. The van der Waals surface area contributed by atoms with Crippen molar-refractivity contribution in [3.63, 3.8) is 0 Å². The lowest BCUT2D eigenvalue weighted by Gasteiger charge is -2.07. The third-order valence-electron chi connectivity index (χ3n) is 3.70. The van der Waals surface area contributed by atoms with Gasteiger partial charge >= 0.3 is 0 Å². The zero-order valence-electron chi connectivity index (χ0n) is 13.8. The summed E-state index contributed by atoms with van der Waals surface area (Å²) in [5, 5.41) is 4.72. The Morgan fingerprint density at radius 3 is 2.88 bits per heavy atom. The van der Waals surface area contributed by atoms with Gasteiger partial charge in [-0.15, -0.1) is 0 Å². The average Bonchev–Trinajstić information content (AvgIpc) is 3.18. The van der Waals surface area contributed by atoms with Crippen molar-refractivity contribution in [1.82, 2.24) is 9.78 Å². The van der Waals surface area contributed by atoms with Crippen LogP contribution in [0.2, 0.25) is 5.02 Å². The first-order valence-electron chi connectivity index (χ1n) is 7.52. The first-order valence-corrected chi connectivity index (χ1v) is 7.90. The molecule has 1 aromatic carbocycles. The Morgan fingerprint density at radius 1 is 1.42 bits per heavy atom. The zero-order valence-corrected chi connectivity index (χ0v) is 14.5. The van der Waals surface area contributed by atoms with E-state index in [-0.39, 0.29) is 0 Å². The maximum atomic E-state index is 6.24. The maximum absolute atomic E-state index is 6.24. The highest BCUT2D eigenvalue weighted by molar-refractivity contribution is 6.34. The molecule has 0 aliphatic carbocycles. The fourth-order valence-corrected chi connectivity index (χ4v) is 2.75. The normalized spacial score (nSPS) is 17.2. The van der Waals surface area contributed by atoms with Crippen molar-refractivity contribution in [2.75, 3.05) is 7.11 Å². The molecule has 1 aromatic heterocycles. The molecule has 0 radical (unpaired) electrons. The Balaban J connectivity index is 1.92. The van der Waals surface area contributed by atoms with Gasteiger partial charge in [-0.3, -0.25) is 9.67 Å². The molecule has 0 bridgehead atoms. The predicted octanol–water partition coefficient (Wildman–Crippen LogP) is 4.00. The molecular weight excluding hydrogens is 326 g/mol. The van der Waals surface area contributed by atoms with Gasteiger partial charge in [0.15, 0.2) is 0 Å². The number of aryl methyl sites for hydroxylation is 1. The van der Waals surface area contributed by atoms with Crippen molar-refractivity contribution in [3.8, 4) is 5.75 Å². The fraction of sp³-hybridized carbons (Fsp3) is 0.222. The summed E-state index contributed by atoms with van der Waals surface area (Å²) in [6, 6.07) is 5.64. The van der Waals surface area contributed by atoms with Crippen molar-refractivity contribution in [2.45, 2.75) is 13.5 Å². The van der Waals surface area contributed by atoms with Crippen LogP contribution in [0.5, 0.6) is 5.75 Å². The standard InChI is InChI=1S/C18H18ClN3O2/c1-4-16-18(20-8-12-9-21-22(2)10-12)14(11-24-16)13-5-6-17(23-3)15(19)7-13/h4-7,9-11H,8H2,1-3H3/b16-4+,20-18?. The van der Waals surface area contributed by atoms with Gasteiger partial charge in [-0.1, -0.05) is 17.7 Å². The number of aliphatic imine (C=N–C) groups is 1. The molecule has 5 nitrogen and oxygen atoms in total. The Bertz CT molecular complexity index is 850. The third kappa shape index (κ3) is 3.21. The van der Waals surface area contributed by atoms with Gasteiger partial charge < -0.3 is 9.47 Å². The van der Waals surface area contributed by atoms with Crippen LogP contribution in [0, 0.1) is 0 Å². The molecule has 0 saturated carbocycles. The minimum absolute atomic E-state index is 0.533. The molecule has 0 atom stereocenters. The molecule has 124 valence electrons. The monoisotopic (exact) mass is 343 g/mol. The summed E-state index contributed by atoms with van der Waals surface area (Å²) >= 11 is 6.24. The number of allylic oxidation sites excluding steroid dienone is 2. The summed E-state index contributed by atoms with van der Waals surface area (Å²) in [5.41, 5.74) is 3.68. The Labute approximate surface area is 145 Å². The van der Waals surface area contributed by atoms with Gasteiger partial charge in [-0.2, -0.15) is 5.10 Å². The first kappa shape index (κ1) is 16.3. The van der Waals surface area contributed by atoms with E-state index in [0.717, 1.165) is 28.2 Å². The van der Waals surface area contributed by atoms with E-state index in [0.29, 0.717) is 17.3 Å². The van der Waals surface area contributed by atoms with Gasteiger partial charge in [-0.25, -0.2) is 0 Å². The fourth-order valence-electron chi connectivity index (χ4n) is 2.50. The Morgan fingerprint density at radius 2 is 2.25 bits per heavy atom. The van der Waals surface area contributed by atoms with Gasteiger partial charge in [0.2, 0.25) is 0 Å². The summed E-state index contributed by atoms with van der Waals surface area (Å²) in [4.78, 5) is 4.72. The van der Waals surface area contributed by atoms with Crippen molar-refractivity contribution >= 4 is 22.9 Å².